The molecule has 0 bridgehead atoms. The first kappa shape index (κ1) is 20.8. The maximum Gasteiger partial charge on any atom is 1.00 e. The normalized spacial score (nSPS) is 10.7. The number of hydrogen-bond acceptors (Lipinski definition) is 7. The van der Waals surface area contributed by atoms with Crippen LogP contribution in [-0.4, -0.2) is 13.0 Å². The van der Waals surface area contributed by atoms with Crippen LogP contribution < -0.4 is 64.4 Å². The summed E-state index contributed by atoms with van der Waals surface area (Å²) >= 11 is 0.686. The average Bonchev–Trinajstić information content (AvgIpc) is 2.34. The van der Waals surface area contributed by atoms with Crippen molar-refractivity contribution in [3.8, 4) is 0 Å². The smallest absolute Gasteiger partial charge is 0.744 e. The van der Waals surface area contributed by atoms with Crippen LogP contribution in [0, 0.1) is 0 Å². The van der Waals surface area contributed by atoms with Gasteiger partial charge in [0.1, 0.15) is 10.1 Å². The van der Waals surface area contributed by atoms with E-state index in [1.54, 1.807) is 18.2 Å². The van der Waals surface area contributed by atoms with E-state index in [2.05, 4.69) is 9.37 Å². The monoisotopic (exact) mass is 332 g/mol. The van der Waals surface area contributed by atoms with Gasteiger partial charge in [0.05, 0.1) is 16.9 Å². The summed E-state index contributed by atoms with van der Waals surface area (Å²) in [5.74, 6) is 0. The summed E-state index contributed by atoms with van der Waals surface area (Å²) in [5, 5.41) is 14.2. The molecular weight excluding hydrogens is 326 g/mol. The second kappa shape index (κ2) is 9.09. The molecule has 0 atom stereocenters. The summed E-state index contributed by atoms with van der Waals surface area (Å²) in [6.45, 7) is 0. The molecule has 0 heterocycles. The van der Waals surface area contributed by atoms with E-state index in [4.69, 9.17) is 0 Å². The van der Waals surface area contributed by atoms with Crippen LogP contribution in [0.5, 0.6) is 0 Å². The molecule has 0 saturated heterocycles. The molecule has 0 fully saturated rings. The summed E-state index contributed by atoms with van der Waals surface area (Å²) in [6.07, 6.45) is 0. The van der Waals surface area contributed by atoms with Gasteiger partial charge in [-0.3, -0.25) is 5.04 Å². The second-order valence-corrected chi connectivity index (χ2v) is 5.50. The first-order valence-electron chi connectivity index (χ1n) is 4.63. The van der Waals surface area contributed by atoms with Gasteiger partial charge in [0.25, 0.3) is 0 Å². The first-order chi connectivity index (χ1) is 8.50. The minimum atomic E-state index is -4.49. The van der Waals surface area contributed by atoms with Gasteiger partial charge in [0, 0.05) is 4.90 Å². The number of fused-ring (bicyclic) bond motifs is 1. The van der Waals surface area contributed by atoms with Gasteiger partial charge in [-0.2, -0.15) is 4.33 Å². The van der Waals surface area contributed by atoms with Crippen LogP contribution in [0.1, 0.15) is 0 Å². The maximum absolute atomic E-state index is 10.9. The number of hydrogen-bond donors (Lipinski definition) is 0. The van der Waals surface area contributed by atoms with Gasteiger partial charge in [0.2, 0.25) is 0 Å². The van der Waals surface area contributed by atoms with Crippen molar-refractivity contribution in [3.63, 3.8) is 0 Å². The van der Waals surface area contributed by atoms with E-state index in [1.165, 1.54) is 18.2 Å². The fraction of sp³-hybridized carbons (Fsp3) is 0. The molecule has 0 aromatic heterocycles. The molecule has 2 rings (SSSR count). The molecule has 0 unspecified atom stereocenters. The topological polar surface area (TPSA) is 98.7 Å². The maximum atomic E-state index is 10.9. The minimum absolute atomic E-state index is 0. The SMILES string of the molecule is O=S(=O)([O-])c1ccc2ccc(SOO[O-])cc2c1.[Na+].[Na+]. The van der Waals surface area contributed by atoms with Crippen molar-refractivity contribution >= 4 is 32.9 Å². The zero-order valence-corrected chi connectivity index (χ0v) is 16.4. The summed E-state index contributed by atoms with van der Waals surface area (Å²) < 4.78 is 36.8. The van der Waals surface area contributed by atoms with Crippen LogP contribution in [0.2, 0.25) is 0 Å². The van der Waals surface area contributed by atoms with Crippen molar-refractivity contribution in [2.24, 2.45) is 0 Å². The van der Waals surface area contributed by atoms with Crippen LogP contribution in [0.4, 0.5) is 0 Å². The summed E-state index contributed by atoms with van der Waals surface area (Å²) in [5.41, 5.74) is 0. The third kappa shape index (κ3) is 5.56. The van der Waals surface area contributed by atoms with Gasteiger partial charge in [-0.15, -0.1) is 0 Å². The molecule has 0 N–H and O–H groups in total. The van der Waals surface area contributed by atoms with Crippen LogP contribution in [-0.2, 0) is 19.5 Å². The Bertz CT molecular complexity index is 677. The third-order valence-electron chi connectivity index (χ3n) is 2.23. The van der Waals surface area contributed by atoms with Crippen molar-refractivity contribution in [2.45, 2.75) is 9.79 Å². The predicted octanol–water partition coefficient (Wildman–Crippen LogP) is -5.02. The van der Waals surface area contributed by atoms with Crippen LogP contribution in [0.25, 0.3) is 10.8 Å². The Labute approximate surface area is 164 Å². The van der Waals surface area contributed by atoms with E-state index < -0.39 is 10.1 Å². The molecule has 2 aromatic rings. The van der Waals surface area contributed by atoms with E-state index in [0.717, 1.165) is 5.39 Å². The zero-order valence-electron chi connectivity index (χ0n) is 10.7. The molecule has 0 aliphatic rings. The van der Waals surface area contributed by atoms with Gasteiger partial charge in [0.15, 0.2) is 0 Å². The summed E-state index contributed by atoms with van der Waals surface area (Å²) in [6, 6.07) is 8.98. The molecule has 6 nitrogen and oxygen atoms in total. The Morgan fingerprint density at radius 2 is 1.65 bits per heavy atom. The van der Waals surface area contributed by atoms with Gasteiger partial charge < -0.3 is 9.81 Å². The second-order valence-electron chi connectivity index (χ2n) is 3.34. The largest absolute Gasteiger partial charge is 1.00 e. The average molecular weight is 332 g/mol. The summed E-state index contributed by atoms with van der Waals surface area (Å²) in [4.78, 5) is 0.233. The van der Waals surface area contributed by atoms with E-state index in [9.17, 15) is 18.2 Å². The van der Waals surface area contributed by atoms with Gasteiger partial charge in [-0.1, -0.05) is 12.1 Å². The first-order valence-corrected chi connectivity index (χ1v) is 6.78. The molecule has 0 amide bonds. The van der Waals surface area contributed by atoms with Crippen molar-refractivity contribution in [1.82, 2.24) is 0 Å². The molecular formula is C10H6Na2O6S2. The Hall–Kier alpha value is 0.840. The van der Waals surface area contributed by atoms with E-state index >= 15 is 0 Å². The molecule has 2 aromatic carbocycles. The molecule has 0 saturated carbocycles. The van der Waals surface area contributed by atoms with Crippen molar-refractivity contribution in [3.05, 3.63) is 36.4 Å². The third-order valence-corrected chi connectivity index (χ3v) is 3.63. The molecule has 0 radical (unpaired) electrons. The van der Waals surface area contributed by atoms with Gasteiger partial charge in [-0.25, -0.2) is 8.42 Å². The quantitative estimate of drug-likeness (QED) is 0.182. The zero-order chi connectivity index (χ0) is 13.2. The molecule has 0 spiro atoms. The Morgan fingerprint density at radius 3 is 2.25 bits per heavy atom. The number of benzene rings is 2. The van der Waals surface area contributed by atoms with Crippen molar-refractivity contribution in [1.29, 1.82) is 0 Å². The Balaban J connectivity index is 0.00000180. The van der Waals surface area contributed by atoms with E-state index in [1.807, 2.05) is 0 Å². The Kier molecular flexibility index (Phi) is 9.47. The molecule has 0 aliphatic carbocycles. The molecule has 96 valence electrons. The molecule has 10 heteroatoms. The molecule has 20 heavy (non-hydrogen) atoms. The fourth-order valence-corrected chi connectivity index (χ4v) is 2.37. The fourth-order valence-electron chi connectivity index (χ4n) is 1.46. The Morgan fingerprint density at radius 1 is 1.00 bits per heavy atom. The van der Waals surface area contributed by atoms with Crippen LogP contribution in [0.3, 0.4) is 0 Å². The van der Waals surface area contributed by atoms with Crippen molar-refractivity contribution < 1.29 is 86.7 Å². The molecule has 0 aliphatic heterocycles. The standard InChI is InChI=1S/C10H8O6S2.2Na/c11-15-16-17-9-3-1-7-2-4-10(18(12,13)14)6-8(7)5-9;;/h1-6,11H,(H,12,13,14);;/q;2*+1/p-2. The van der Waals surface area contributed by atoms with E-state index in [-0.39, 0.29) is 64.0 Å². The minimum Gasteiger partial charge on any atom is -0.744 e. The van der Waals surface area contributed by atoms with Gasteiger partial charge in [-0.05, 0) is 35.0 Å². The predicted molar refractivity (Wildman–Crippen MR) is 59.9 cm³/mol. The van der Waals surface area contributed by atoms with Crippen LogP contribution >= 0.6 is 12.0 Å². The van der Waals surface area contributed by atoms with Gasteiger partial charge >= 0.3 is 59.1 Å². The van der Waals surface area contributed by atoms with E-state index in [0.29, 0.717) is 22.3 Å². The van der Waals surface area contributed by atoms with Crippen molar-refractivity contribution in [2.75, 3.05) is 0 Å². The number of rotatable bonds is 4. The van der Waals surface area contributed by atoms with Crippen LogP contribution in [0.15, 0.2) is 46.2 Å². The summed E-state index contributed by atoms with van der Waals surface area (Å²) in [7, 11) is -4.49.